The third kappa shape index (κ3) is 3.66. The van der Waals surface area contributed by atoms with Crippen molar-refractivity contribution in [2.75, 3.05) is 6.54 Å². The van der Waals surface area contributed by atoms with Crippen molar-refractivity contribution < 1.29 is 29.3 Å². The molecule has 0 bridgehead atoms. The number of benzene rings is 1. The Bertz CT molecular complexity index is 562. The van der Waals surface area contributed by atoms with Gasteiger partial charge >= 0.3 is 18.2 Å². The molecule has 118 valence electrons. The van der Waals surface area contributed by atoms with Gasteiger partial charge in [-0.1, -0.05) is 30.3 Å². The van der Waals surface area contributed by atoms with Crippen LogP contribution in [0.25, 0.3) is 0 Å². The van der Waals surface area contributed by atoms with Gasteiger partial charge in [-0.05, 0) is 12.0 Å². The van der Waals surface area contributed by atoms with Crippen LogP contribution in [0.5, 0.6) is 0 Å². The van der Waals surface area contributed by atoms with E-state index in [9.17, 15) is 14.4 Å². The lowest BCUT2D eigenvalue weighted by molar-refractivity contribution is -0.142. The summed E-state index contributed by atoms with van der Waals surface area (Å²) in [7, 11) is 0. The van der Waals surface area contributed by atoms with Crippen LogP contribution < -0.4 is 5.32 Å². The van der Waals surface area contributed by atoms with E-state index in [1.54, 1.807) is 24.3 Å². The summed E-state index contributed by atoms with van der Waals surface area (Å²) >= 11 is 0. The Hall–Kier alpha value is -2.77. The molecule has 2 atom stereocenters. The van der Waals surface area contributed by atoms with Crippen LogP contribution in [0.3, 0.4) is 0 Å². The zero-order chi connectivity index (χ0) is 16.1. The molecule has 0 saturated carbocycles. The van der Waals surface area contributed by atoms with Gasteiger partial charge in [0, 0.05) is 6.54 Å². The molecule has 1 fully saturated rings. The van der Waals surface area contributed by atoms with Crippen LogP contribution in [0.15, 0.2) is 30.3 Å². The quantitative estimate of drug-likeness (QED) is 0.767. The monoisotopic (exact) mass is 308 g/mol. The van der Waals surface area contributed by atoms with Gasteiger partial charge in [0.2, 0.25) is 0 Å². The largest absolute Gasteiger partial charge is 0.480 e. The molecule has 0 spiro atoms. The summed E-state index contributed by atoms with van der Waals surface area (Å²) in [6, 6.07) is 6.90. The summed E-state index contributed by atoms with van der Waals surface area (Å²) in [5, 5.41) is 20.5. The van der Waals surface area contributed by atoms with Gasteiger partial charge in [0.15, 0.2) is 6.04 Å². The molecule has 1 saturated heterocycles. The number of hydrogen-bond acceptors (Lipinski definition) is 4. The number of carbonyl (C=O) groups excluding carboxylic acids is 1. The van der Waals surface area contributed by atoms with Gasteiger partial charge in [-0.15, -0.1) is 0 Å². The molecule has 2 amide bonds. The van der Waals surface area contributed by atoms with Crippen molar-refractivity contribution in [3.63, 3.8) is 0 Å². The molecular weight excluding hydrogens is 292 g/mol. The van der Waals surface area contributed by atoms with Crippen LogP contribution in [-0.2, 0) is 16.1 Å². The lowest BCUT2D eigenvalue weighted by atomic mass is 10.1. The first kappa shape index (κ1) is 15.6. The van der Waals surface area contributed by atoms with Gasteiger partial charge in [0.1, 0.15) is 6.61 Å². The topological polar surface area (TPSA) is 116 Å². The summed E-state index contributed by atoms with van der Waals surface area (Å²) in [6.07, 6.45) is -1.87. The lowest BCUT2D eigenvalue weighted by Crippen LogP contribution is -2.50. The molecule has 8 heteroatoms. The summed E-state index contributed by atoms with van der Waals surface area (Å²) in [5.41, 5.74) is 0.797. The Labute approximate surface area is 126 Å². The molecule has 0 aromatic heterocycles. The molecular formula is C14H16N2O6. The highest BCUT2D eigenvalue weighted by molar-refractivity contribution is 5.82. The number of ether oxygens (including phenoxy) is 1. The predicted octanol–water partition coefficient (Wildman–Crippen LogP) is 1.12. The van der Waals surface area contributed by atoms with Crippen LogP contribution in [-0.4, -0.2) is 51.9 Å². The number of carbonyl (C=O) groups is 3. The van der Waals surface area contributed by atoms with E-state index in [2.05, 4.69) is 5.32 Å². The summed E-state index contributed by atoms with van der Waals surface area (Å²) in [5.74, 6) is -1.30. The number of nitrogens with one attached hydrogen (secondary N) is 1. The molecule has 1 aliphatic rings. The average molecular weight is 308 g/mol. The Morgan fingerprint density at radius 3 is 2.50 bits per heavy atom. The van der Waals surface area contributed by atoms with Gasteiger partial charge in [-0.25, -0.2) is 14.4 Å². The second kappa shape index (κ2) is 6.79. The molecule has 1 aromatic carbocycles. The van der Waals surface area contributed by atoms with Crippen molar-refractivity contribution in [1.29, 1.82) is 0 Å². The van der Waals surface area contributed by atoms with Crippen molar-refractivity contribution >= 4 is 18.2 Å². The second-order valence-corrected chi connectivity index (χ2v) is 4.86. The number of aliphatic carboxylic acids is 1. The standard InChI is InChI=1S/C14H16N2O6/c17-12(18)11-10(6-7-16(11)14(20)21)15-13(19)22-8-9-4-2-1-3-5-9/h1-5,10-11H,6-8H2,(H,15,19)(H,17,18)(H,20,21)/t10-,11-/m0/s1. The third-order valence-electron chi connectivity index (χ3n) is 3.41. The maximum absolute atomic E-state index is 11.7. The minimum atomic E-state index is -1.32. The van der Waals surface area contributed by atoms with Crippen LogP contribution >= 0.6 is 0 Å². The first-order chi connectivity index (χ1) is 10.5. The van der Waals surface area contributed by atoms with Crippen LogP contribution in [0.1, 0.15) is 12.0 Å². The van der Waals surface area contributed by atoms with Crippen molar-refractivity contribution in [3.05, 3.63) is 35.9 Å². The van der Waals surface area contributed by atoms with Gasteiger partial charge < -0.3 is 20.3 Å². The average Bonchev–Trinajstić information content (AvgIpc) is 2.90. The lowest BCUT2D eigenvalue weighted by Gasteiger charge is -2.22. The number of amides is 2. The molecule has 1 aliphatic heterocycles. The van der Waals surface area contributed by atoms with Gasteiger partial charge in [0.25, 0.3) is 0 Å². The second-order valence-electron chi connectivity index (χ2n) is 4.86. The fourth-order valence-electron chi connectivity index (χ4n) is 2.38. The molecule has 8 nitrogen and oxygen atoms in total. The number of alkyl carbamates (subject to hydrolysis) is 1. The van der Waals surface area contributed by atoms with Crippen LogP contribution in [0.4, 0.5) is 9.59 Å². The number of rotatable bonds is 4. The Morgan fingerprint density at radius 1 is 1.23 bits per heavy atom. The first-order valence-corrected chi connectivity index (χ1v) is 6.68. The van der Waals surface area contributed by atoms with E-state index >= 15 is 0 Å². The molecule has 1 heterocycles. The van der Waals surface area contributed by atoms with E-state index in [0.29, 0.717) is 0 Å². The molecule has 1 aromatic rings. The van der Waals surface area contributed by atoms with E-state index in [1.807, 2.05) is 6.07 Å². The fourth-order valence-corrected chi connectivity index (χ4v) is 2.38. The minimum Gasteiger partial charge on any atom is -0.480 e. The molecule has 0 aliphatic carbocycles. The van der Waals surface area contributed by atoms with E-state index in [1.165, 1.54) is 0 Å². The van der Waals surface area contributed by atoms with Gasteiger partial charge in [-0.3, -0.25) is 4.90 Å². The molecule has 0 radical (unpaired) electrons. The van der Waals surface area contributed by atoms with Crippen LogP contribution in [0, 0.1) is 0 Å². The SMILES string of the molecule is O=C(N[C@H]1CCN(C(=O)O)[C@@H]1C(=O)O)OCc1ccccc1. The Morgan fingerprint density at radius 2 is 1.91 bits per heavy atom. The summed E-state index contributed by atoms with van der Waals surface area (Å²) < 4.78 is 5.00. The fraction of sp³-hybridized carbons (Fsp3) is 0.357. The predicted molar refractivity (Wildman–Crippen MR) is 74.3 cm³/mol. The van der Waals surface area contributed by atoms with E-state index < -0.39 is 30.2 Å². The third-order valence-corrected chi connectivity index (χ3v) is 3.41. The molecule has 0 unspecified atom stereocenters. The maximum atomic E-state index is 11.7. The smallest absolute Gasteiger partial charge is 0.408 e. The minimum absolute atomic E-state index is 0.0515. The molecule has 3 N–H and O–H groups in total. The van der Waals surface area contributed by atoms with Gasteiger partial charge in [0.05, 0.1) is 6.04 Å². The summed E-state index contributed by atoms with van der Waals surface area (Å²) in [6.45, 7) is 0.107. The number of likely N-dealkylation sites (tertiary alicyclic amines) is 1. The normalized spacial score (nSPS) is 20.5. The highest BCUT2D eigenvalue weighted by atomic mass is 16.5. The molecule has 22 heavy (non-hydrogen) atoms. The number of carboxylic acid groups (broad SMARTS) is 2. The number of nitrogens with zero attached hydrogens (tertiary/aromatic N) is 1. The maximum Gasteiger partial charge on any atom is 0.408 e. The Balaban J connectivity index is 1.90. The zero-order valence-electron chi connectivity index (χ0n) is 11.6. The van der Waals surface area contributed by atoms with E-state index in [0.717, 1.165) is 10.5 Å². The number of carboxylic acids is 1. The van der Waals surface area contributed by atoms with Crippen molar-refractivity contribution in [1.82, 2.24) is 10.2 Å². The van der Waals surface area contributed by atoms with Gasteiger partial charge in [-0.2, -0.15) is 0 Å². The van der Waals surface area contributed by atoms with E-state index in [-0.39, 0.29) is 19.6 Å². The van der Waals surface area contributed by atoms with Crippen molar-refractivity contribution in [2.24, 2.45) is 0 Å². The summed E-state index contributed by atoms with van der Waals surface area (Å²) in [4.78, 5) is 34.7. The number of hydrogen-bond donors (Lipinski definition) is 3. The first-order valence-electron chi connectivity index (χ1n) is 6.68. The van der Waals surface area contributed by atoms with Crippen molar-refractivity contribution in [2.45, 2.75) is 25.1 Å². The highest BCUT2D eigenvalue weighted by Crippen LogP contribution is 2.18. The highest BCUT2D eigenvalue weighted by Gasteiger charge is 2.43. The van der Waals surface area contributed by atoms with Crippen LogP contribution in [0.2, 0.25) is 0 Å². The van der Waals surface area contributed by atoms with Crippen molar-refractivity contribution in [3.8, 4) is 0 Å². The zero-order valence-corrected chi connectivity index (χ0v) is 11.6. The van der Waals surface area contributed by atoms with E-state index in [4.69, 9.17) is 14.9 Å². The Kier molecular flexibility index (Phi) is 4.82. The molecule has 2 rings (SSSR count).